The Balaban J connectivity index is 2.22. The van der Waals surface area contributed by atoms with Gasteiger partial charge in [0.15, 0.2) is 0 Å². The van der Waals surface area contributed by atoms with Crippen LogP contribution in [0.25, 0.3) is 0 Å². The summed E-state index contributed by atoms with van der Waals surface area (Å²) in [6.07, 6.45) is 2.40. The van der Waals surface area contributed by atoms with Crippen LogP contribution in [0, 0.1) is 0 Å². The number of sulfonamides is 1. The highest BCUT2D eigenvalue weighted by atomic mass is 32.2. The fourth-order valence-electron chi connectivity index (χ4n) is 2.62. The van der Waals surface area contributed by atoms with Crippen LogP contribution in [0.4, 0.5) is 0 Å². The first-order valence-corrected chi connectivity index (χ1v) is 9.40. The van der Waals surface area contributed by atoms with Gasteiger partial charge in [0, 0.05) is 33.4 Å². The summed E-state index contributed by atoms with van der Waals surface area (Å²) in [5.74, 6) is -0.0129. The number of methoxy groups -OCH3 is 2. The van der Waals surface area contributed by atoms with Crippen molar-refractivity contribution in [3.05, 3.63) is 23.8 Å². The molecule has 2 rings (SSSR count). The molecular formula is C16H24N2O5S. The number of nitrogens with zero attached hydrogens (tertiary/aromatic N) is 1. The van der Waals surface area contributed by atoms with Gasteiger partial charge in [-0.3, -0.25) is 4.79 Å². The van der Waals surface area contributed by atoms with Gasteiger partial charge < -0.3 is 14.8 Å². The minimum Gasteiger partial charge on any atom is -0.496 e. The second-order valence-electron chi connectivity index (χ2n) is 5.58. The Bertz CT molecular complexity index is 669. The zero-order chi connectivity index (χ0) is 17.6. The molecule has 0 radical (unpaired) electrons. The molecule has 1 aliphatic heterocycles. The fourth-order valence-corrected chi connectivity index (χ4v) is 4.16. The number of carbonyl (C=O) groups is 1. The Labute approximate surface area is 143 Å². The van der Waals surface area contributed by atoms with Gasteiger partial charge in [-0.2, -0.15) is 4.31 Å². The average Bonchev–Trinajstić information content (AvgIpc) is 3.13. The molecule has 0 aliphatic carbocycles. The summed E-state index contributed by atoms with van der Waals surface area (Å²) in [5, 5.41) is 2.75. The number of hydrogen-bond acceptors (Lipinski definition) is 5. The molecule has 134 valence electrons. The van der Waals surface area contributed by atoms with Crippen molar-refractivity contribution in [3.8, 4) is 5.75 Å². The predicted octanol–water partition coefficient (Wildman–Crippen LogP) is 1.25. The van der Waals surface area contributed by atoms with E-state index >= 15 is 0 Å². The maximum absolute atomic E-state index is 12.6. The van der Waals surface area contributed by atoms with E-state index in [0.717, 1.165) is 12.8 Å². The predicted molar refractivity (Wildman–Crippen MR) is 89.8 cm³/mol. The lowest BCUT2D eigenvalue weighted by Gasteiger charge is -2.17. The SMILES string of the molecule is COCCCNC(=O)c1cc(S(=O)(=O)N2CCCC2)ccc1OC. The molecule has 8 heteroatoms. The largest absolute Gasteiger partial charge is 0.496 e. The van der Waals surface area contributed by atoms with E-state index < -0.39 is 10.0 Å². The van der Waals surface area contributed by atoms with E-state index in [9.17, 15) is 13.2 Å². The first kappa shape index (κ1) is 18.7. The smallest absolute Gasteiger partial charge is 0.255 e. The van der Waals surface area contributed by atoms with E-state index in [2.05, 4.69) is 5.32 Å². The van der Waals surface area contributed by atoms with Crippen molar-refractivity contribution in [3.63, 3.8) is 0 Å². The number of carbonyl (C=O) groups excluding carboxylic acids is 1. The molecule has 0 spiro atoms. The monoisotopic (exact) mass is 356 g/mol. The minimum absolute atomic E-state index is 0.118. The first-order chi connectivity index (χ1) is 11.5. The van der Waals surface area contributed by atoms with Crippen LogP contribution in [0.2, 0.25) is 0 Å². The Hall–Kier alpha value is -1.64. The summed E-state index contributed by atoms with van der Waals surface area (Å²) < 4.78 is 36.9. The molecule has 0 saturated carbocycles. The average molecular weight is 356 g/mol. The molecule has 1 aromatic rings. The van der Waals surface area contributed by atoms with Gasteiger partial charge in [0.2, 0.25) is 10.0 Å². The van der Waals surface area contributed by atoms with Crippen LogP contribution in [-0.4, -0.2) is 59.1 Å². The second-order valence-corrected chi connectivity index (χ2v) is 7.51. The molecular weight excluding hydrogens is 332 g/mol. The van der Waals surface area contributed by atoms with E-state index in [4.69, 9.17) is 9.47 Å². The third-order valence-corrected chi connectivity index (χ3v) is 5.82. The third kappa shape index (κ3) is 4.25. The Morgan fingerprint density at radius 1 is 1.25 bits per heavy atom. The molecule has 0 atom stereocenters. The summed E-state index contributed by atoms with van der Waals surface area (Å²) in [5.41, 5.74) is 0.218. The molecule has 1 aromatic carbocycles. The van der Waals surface area contributed by atoms with Crippen molar-refractivity contribution in [2.75, 3.05) is 40.5 Å². The van der Waals surface area contributed by atoms with E-state index in [-0.39, 0.29) is 16.4 Å². The molecule has 1 aliphatic rings. The van der Waals surface area contributed by atoms with Crippen LogP contribution in [-0.2, 0) is 14.8 Å². The lowest BCUT2D eigenvalue weighted by atomic mass is 10.2. The number of hydrogen-bond donors (Lipinski definition) is 1. The van der Waals surface area contributed by atoms with E-state index in [1.807, 2.05) is 0 Å². The molecule has 1 N–H and O–H groups in total. The van der Waals surface area contributed by atoms with Gasteiger partial charge in [0.05, 0.1) is 17.6 Å². The van der Waals surface area contributed by atoms with Gasteiger partial charge in [-0.05, 0) is 37.5 Å². The number of nitrogens with one attached hydrogen (secondary N) is 1. The number of benzene rings is 1. The van der Waals surface area contributed by atoms with Gasteiger partial charge in [0.1, 0.15) is 5.75 Å². The van der Waals surface area contributed by atoms with Gasteiger partial charge in [0.25, 0.3) is 5.91 Å². The highest BCUT2D eigenvalue weighted by Crippen LogP contribution is 2.26. The summed E-state index contributed by atoms with van der Waals surface area (Å²) in [6, 6.07) is 4.39. The van der Waals surface area contributed by atoms with Crippen molar-refractivity contribution in [1.82, 2.24) is 9.62 Å². The maximum Gasteiger partial charge on any atom is 0.255 e. The zero-order valence-electron chi connectivity index (χ0n) is 14.1. The van der Waals surface area contributed by atoms with Crippen LogP contribution >= 0.6 is 0 Å². The molecule has 1 fully saturated rings. The molecule has 0 aromatic heterocycles. The van der Waals surface area contributed by atoms with Crippen molar-refractivity contribution >= 4 is 15.9 Å². The molecule has 24 heavy (non-hydrogen) atoms. The van der Waals surface area contributed by atoms with Gasteiger partial charge >= 0.3 is 0 Å². The number of rotatable bonds is 8. The summed E-state index contributed by atoms with van der Waals surface area (Å²) in [4.78, 5) is 12.5. The van der Waals surface area contributed by atoms with Crippen molar-refractivity contribution in [2.45, 2.75) is 24.2 Å². The van der Waals surface area contributed by atoms with E-state index in [1.165, 1.54) is 29.6 Å². The lowest BCUT2D eigenvalue weighted by Crippen LogP contribution is -2.29. The van der Waals surface area contributed by atoms with Crippen LogP contribution in [0.3, 0.4) is 0 Å². The second kappa shape index (κ2) is 8.46. The fraction of sp³-hybridized carbons (Fsp3) is 0.562. The normalized spacial score (nSPS) is 15.4. The van der Waals surface area contributed by atoms with E-state index in [0.29, 0.717) is 38.4 Å². The van der Waals surface area contributed by atoms with Crippen LogP contribution < -0.4 is 10.1 Å². The lowest BCUT2D eigenvalue weighted by molar-refractivity contribution is 0.0945. The van der Waals surface area contributed by atoms with E-state index in [1.54, 1.807) is 7.11 Å². The number of amides is 1. The molecule has 1 heterocycles. The Morgan fingerprint density at radius 2 is 1.96 bits per heavy atom. The van der Waals surface area contributed by atoms with Gasteiger partial charge in [-0.1, -0.05) is 0 Å². The molecule has 0 bridgehead atoms. The topological polar surface area (TPSA) is 84.9 Å². The van der Waals surface area contributed by atoms with Gasteiger partial charge in [-0.15, -0.1) is 0 Å². The van der Waals surface area contributed by atoms with Crippen LogP contribution in [0.15, 0.2) is 23.1 Å². The third-order valence-electron chi connectivity index (χ3n) is 3.93. The highest BCUT2D eigenvalue weighted by molar-refractivity contribution is 7.89. The zero-order valence-corrected chi connectivity index (χ0v) is 14.9. The Morgan fingerprint density at radius 3 is 2.58 bits per heavy atom. The van der Waals surface area contributed by atoms with Crippen molar-refractivity contribution in [1.29, 1.82) is 0 Å². The quantitative estimate of drug-likeness (QED) is 0.709. The first-order valence-electron chi connectivity index (χ1n) is 7.96. The molecule has 1 saturated heterocycles. The standard InChI is InChI=1S/C16H24N2O5S/c1-22-11-5-8-17-16(19)14-12-13(6-7-15(14)23-2)24(20,21)18-9-3-4-10-18/h6-7,12H,3-5,8-11H2,1-2H3,(H,17,19). The molecule has 1 amide bonds. The number of ether oxygens (including phenoxy) is 2. The maximum atomic E-state index is 12.6. The minimum atomic E-state index is -3.57. The van der Waals surface area contributed by atoms with Crippen molar-refractivity contribution in [2.24, 2.45) is 0 Å². The summed E-state index contributed by atoms with van der Waals surface area (Å²) >= 11 is 0. The van der Waals surface area contributed by atoms with Gasteiger partial charge in [-0.25, -0.2) is 8.42 Å². The Kier molecular flexibility index (Phi) is 6.59. The van der Waals surface area contributed by atoms with Crippen molar-refractivity contribution < 1.29 is 22.7 Å². The summed E-state index contributed by atoms with van der Waals surface area (Å²) in [7, 11) is -0.526. The molecule has 0 unspecified atom stereocenters. The van der Waals surface area contributed by atoms with Crippen LogP contribution in [0.5, 0.6) is 5.75 Å². The molecule has 7 nitrogen and oxygen atoms in total. The van der Waals surface area contributed by atoms with Crippen LogP contribution in [0.1, 0.15) is 29.6 Å². The highest BCUT2D eigenvalue weighted by Gasteiger charge is 2.28. The summed E-state index contributed by atoms with van der Waals surface area (Å²) in [6.45, 7) is 2.03.